The number of amidine groups is 1. The molecular weight excluding hydrogens is 214 g/mol. The van der Waals surface area contributed by atoms with Gasteiger partial charge in [0.2, 0.25) is 0 Å². The summed E-state index contributed by atoms with van der Waals surface area (Å²) in [5.41, 5.74) is 5.57. The Morgan fingerprint density at radius 2 is 1.88 bits per heavy atom. The van der Waals surface area contributed by atoms with Gasteiger partial charge < -0.3 is 16.3 Å². The average Bonchev–Trinajstić information content (AvgIpc) is 2.63. The minimum absolute atomic E-state index is 0.0910. The molecule has 0 bridgehead atoms. The molecule has 17 heavy (non-hydrogen) atoms. The van der Waals surface area contributed by atoms with Crippen molar-refractivity contribution in [3.8, 4) is 0 Å². The first-order valence-corrected chi connectivity index (χ1v) is 6.86. The van der Waals surface area contributed by atoms with Crippen LogP contribution >= 0.6 is 0 Å². The molecule has 0 radical (unpaired) electrons. The molecule has 0 saturated heterocycles. The molecule has 2 atom stereocenters. The van der Waals surface area contributed by atoms with Crippen LogP contribution in [0, 0.1) is 11.8 Å². The van der Waals surface area contributed by atoms with Crippen LogP contribution in [0.3, 0.4) is 0 Å². The van der Waals surface area contributed by atoms with Crippen molar-refractivity contribution < 1.29 is 5.21 Å². The van der Waals surface area contributed by atoms with Crippen molar-refractivity contribution in [3.63, 3.8) is 0 Å². The average molecular weight is 241 g/mol. The molecule has 1 aliphatic rings. The van der Waals surface area contributed by atoms with Crippen molar-refractivity contribution in [2.75, 3.05) is 6.54 Å². The Labute approximate surface area is 105 Å². The van der Waals surface area contributed by atoms with E-state index in [0.717, 1.165) is 12.5 Å². The number of rotatable bonds is 5. The third-order valence-electron chi connectivity index (χ3n) is 3.97. The topological polar surface area (TPSA) is 70.6 Å². The third-order valence-corrected chi connectivity index (χ3v) is 3.97. The van der Waals surface area contributed by atoms with Crippen LogP contribution in [0.2, 0.25) is 0 Å². The van der Waals surface area contributed by atoms with E-state index in [1.165, 1.54) is 38.5 Å². The summed E-state index contributed by atoms with van der Waals surface area (Å²) >= 11 is 0. The van der Waals surface area contributed by atoms with Crippen LogP contribution in [0.1, 0.15) is 52.4 Å². The van der Waals surface area contributed by atoms with E-state index in [0.29, 0.717) is 11.9 Å². The highest BCUT2D eigenvalue weighted by Crippen LogP contribution is 2.25. The first-order chi connectivity index (χ1) is 8.15. The zero-order valence-electron chi connectivity index (χ0n) is 11.2. The Balaban J connectivity index is 2.30. The summed E-state index contributed by atoms with van der Waals surface area (Å²) in [5.74, 6) is 1.19. The van der Waals surface area contributed by atoms with E-state index in [9.17, 15) is 0 Å². The Morgan fingerprint density at radius 1 is 1.29 bits per heavy atom. The largest absolute Gasteiger partial charge is 0.409 e. The molecule has 4 heteroatoms. The van der Waals surface area contributed by atoms with Gasteiger partial charge in [-0.2, -0.15) is 0 Å². The maximum atomic E-state index is 8.59. The summed E-state index contributed by atoms with van der Waals surface area (Å²) in [4.78, 5) is 0. The maximum Gasteiger partial charge on any atom is 0.143 e. The number of nitrogens with one attached hydrogen (secondary N) is 1. The lowest BCUT2D eigenvalue weighted by Gasteiger charge is -2.25. The standard InChI is InChI=1S/C13H27N3O/c1-10(13(14)16-17)9-15-11(2)12-7-5-3-4-6-8-12/h10-12,15,17H,3-9H2,1-2H3,(H2,14,16)/t10?,11-/m1/s1. The SMILES string of the molecule is CC(CN[C@H](C)C1CCCCCC1)C(N)=NO. The highest BCUT2D eigenvalue weighted by atomic mass is 16.4. The van der Waals surface area contributed by atoms with Crippen LogP contribution in [0.4, 0.5) is 0 Å². The molecule has 0 aromatic carbocycles. The monoisotopic (exact) mass is 241 g/mol. The lowest BCUT2D eigenvalue weighted by atomic mass is 9.92. The van der Waals surface area contributed by atoms with Gasteiger partial charge in [-0.15, -0.1) is 0 Å². The zero-order chi connectivity index (χ0) is 12.7. The van der Waals surface area contributed by atoms with Gasteiger partial charge in [-0.05, 0) is 25.7 Å². The van der Waals surface area contributed by atoms with E-state index < -0.39 is 0 Å². The van der Waals surface area contributed by atoms with Gasteiger partial charge in [0.25, 0.3) is 0 Å². The summed E-state index contributed by atoms with van der Waals surface area (Å²) < 4.78 is 0. The lowest BCUT2D eigenvalue weighted by Crippen LogP contribution is -2.39. The number of nitrogens with two attached hydrogens (primary N) is 1. The van der Waals surface area contributed by atoms with Crippen LogP contribution in [0.15, 0.2) is 5.16 Å². The van der Waals surface area contributed by atoms with Gasteiger partial charge in [-0.1, -0.05) is 37.8 Å². The van der Waals surface area contributed by atoms with Gasteiger partial charge in [0.05, 0.1) is 0 Å². The first-order valence-electron chi connectivity index (χ1n) is 6.86. The predicted octanol–water partition coefficient (Wildman–Crippen LogP) is 2.32. The van der Waals surface area contributed by atoms with Gasteiger partial charge in [0.15, 0.2) is 0 Å². The second kappa shape index (κ2) is 7.54. The Bertz CT molecular complexity index is 235. The highest BCUT2D eigenvalue weighted by molar-refractivity contribution is 5.82. The second-order valence-corrected chi connectivity index (χ2v) is 5.37. The van der Waals surface area contributed by atoms with E-state index in [4.69, 9.17) is 10.9 Å². The maximum absolute atomic E-state index is 8.59. The van der Waals surface area contributed by atoms with Crippen molar-refractivity contribution in [1.29, 1.82) is 0 Å². The highest BCUT2D eigenvalue weighted by Gasteiger charge is 2.19. The van der Waals surface area contributed by atoms with Gasteiger partial charge in [0.1, 0.15) is 5.84 Å². The van der Waals surface area contributed by atoms with Crippen LogP contribution in [0.5, 0.6) is 0 Å². The molecular formula is C13H27N3O. The smallest absolute Gasteiger partial charge is 0.143 e. The van der Waals surface area contributed by atoms with Crippen LogP contribution < -0.4 is 11.1 Å². The summed E-state index contributed by atoms with van der Waals surface area (Å²) in [7, 11) is 0. The van der Waals surface area contributed by atoms with E-state index in [2.05, 4.69) is 17.4 Å². The number of hydrogen-bond donors (Lipinski definition) is 3. The quantitative estimate of drug-likeness (QED) is 0.227. The molecule has 0 spiro atoms. The van der Waals surface area contributed by atoms with Crippen molar-refractivity contribution in [2.45, 2.75) is 58.4 Å². The molecule has 0 amide bonds. The van der Waals surface area contributed by atoms with Gasteiger partial charge in [0, 0.05) is 18.5 Å². The third kappa shape index (κ3) is 4.94. The van der Waals surface area contributed by atoms with E-state index >= 15 is 0 Å². The fourth-order valence-corrected chi connectivity index (χ4v) is 2.54. The van der Waals surface area contributed by atoms with Crippen molar-refractivity contribution in [3.05, 3.63) is 0 Å². The van der Waals surface area contributed by atoms with E-state index in [-0.39, 0.29) is 5.92 Å². The molecule has 4 nitrogen and oxygen atoms in total. The van der Waals surface area contributed by atoms with Gasteiger partial charge in [-0.3, -0.25) is 0 Å². The molecule has 0 aromatic heterocycles. The molecule has 1 unspecified atom stereocenters. The second-order valence-electron chi connectivity index (χ2n) is 5.37. The van der Waals surface area contributed by atoms with Crippen LogP contribution in [-0.2, 0) is 0 Å². The molecule has 0 aliphatic heterocycles. The zero-order valence-corrected chi connectivity index (χ0v) is 11.2. The van der Waals surface area contributed by atoms with Crippen molar-refractivity contribution in [2.24, 2.45) is 22.7 Å². The Kier molecular flexibility index (Phi) is 6.34. The van der Waals surface area contributed by atoms with Crippen LogP contribution in [0.25, 0.3) is 0 Å². The number of nitrogens with zero attached hydrogens (tertiary/aromatic N) is 1. The van der Waals surface area contributed by atoms with Crippen molar-refractivity contribution >= 4 is 5.84 Å². The lowest BCUT2D eigenvalue weighted by molar-refractivity contribution is 0.309. The van der Waals surface area contributed by atoms with E-state index in [1.54, 1.807) is 0 Å². The Hall–Kier alpha value is -0.770. The summed E-state index contributed by atoms with van der Waals surface area (Å²) in [6, 6.07) is 0.530. The molecule has 1 aliphatic carbocycles. The fraction of sp³-hybridized carbons (Fsp3) is 0.923. The first kappa shape index (κ1) is 14.3. The summed E-state index contributed by atoms with van der Waals surface area (Å²) in [6.45, 7) is 5.02. The molecule has 1 rings (SSSR count). The Morgan fingerprint density at radius 3 is 2.41 bits per heavy atom. The van der Waals surface area contributed by atoms with Gasteiger partial charge in [-0.25, -0.2) is 0 Å². The predicted molar refractivity (Wildman–Crippen MR) is 71.2 cm³/mol. The molecule has 1 fully saturated rings. The molecule has 4 N–H and O–H groups in total. The summed E-state index contributed by atoms with van der Waals surface area (Å²) in [5, 5.41) is 15.2. The van der Waals surface area contributed by atoms with Crippen LogP contribution in [-0.4, -0.2) is 23.6 Å². The summed E-state index contributed by atoms with van der Waals surface area (Å²) in [6.07, 6.45) is 8.20. The molecule has 1 saturated carbocycles. The molecule has 100 valence electrons. The molecule has 0 aromatic rings. The number of hydrogen-bond acceptors (Lipinski definition) is 3. The van der Waals surface area contributed by atoms with E-state index in [1.807, 2.05) is 6.92 Å². The fourth-order valence-electron chi connectivity index (χ4n) is 2.54. The molecule has 0 heterocycles. The minimum atomic E-state index is 0.0910. The number of oxime groups is 1. The van der Waals surface area contributed by atoms with Gasteiger partial charge >= 0.3 is 0 Å². The normalized spacial score (nSPS) is 23.1. The van der Waals surface area contributed by atoms with Crippen molar-refractivity contribution in [1.82, 2.24) is 5.32 Å². The minimum Gasteiger partial charge on any atom is -0.409 e.